The first-order valence-corrected chi connectivity index (χ1v) is 11.6. The average molecular weight is 420 g/mol. The number of rotatable bonds is 6. The van der Waals surface area contributed by atoms with Gasteiger partial charge < -0.3 is 14.4 Å². The van der Waals surface area contributed by atoms with Gasteiger partial charge >= 0.3 is 0 Å². The van der Waals surface area contributed by atoms with Crippen LogP contribution in [0.1, 0.15) is 18.4 Å². The highest BCUT2D eigenvalue weighted by Gasteiger charge is 2.49. The van der Waals surface area contributed by atoms with Crippen LogP contribution in [0.25, 0.3) is 10.6 Å². The van der Waals surface area contributed by atoms with Gasteiger partial charge in [-0.25, -0.2) is 0 Å². The molecular weight excluding hydrogens is 394 g/mol. The highest BCUT2D eigenvalue weighted by atomic mass is 32.1. The van der Waals surface area contributed by atoms with Crippen molar-refractivity contribution in [2.24, 2.45) is 17.8 Å². The summed E-state index contributed by atoms with van der Waals surface area (Å²) in [7, 11) is 0. The van der Waals surface area contributed by atoms with Crippen LogP contribution in [0.4, 0.5) is 0 Å². The van der Waals surface area contributed by atoms with Crippen molar-refractivity contribution in [1.82, 2.24) is 15.1 Å². The van der Waals surface area contributed by atoms with Crippen LogP contribution in [0.2, 0.25) is 0 Å². The van der Waals surface area contributed by atoms with E-state index in [9.17, 15) is 0 Å². The number of ether oxygens (including phenoxy) is 2. The monoisotopic (exact) mass is 419 g/mol. The van der Waals surface area contributed by atoms with Gasteiger partial charge in [0.25, 0.3) is 5.19 Å². The van der Waals surface area contributed by atoms with E-state index in [0.717, 1.165) is 27.8 Å². The smallest absolute Gasteiger partial charge is 0.294 e. The van der Waals surface area contributed by atoms with E-state index < -0.39 is 0 Å². The molecule has 5 nitrogen and oxygen atoms in total. The lowest BCUT2D eigenvalue weighted by atomic mass is 9.66. The molecule has 1 saturated carbocycles. The molecule has 6 heteroatoms. The predicted molar refractivity (Wildman–Crippen MR) is 117 cm³/mol. The Morgan fingerprint density at radius 1 is 0.900 bits per heavy atom. The minimum Gasteiger partial charge on any atom is -0.489 e. The molecule has 3 aromatic rings. The van der Waals surface area contributed by atoms with E-state index in [2.05, 4.69) is 27.2 Å². The zero-order valence-corrected chi connectivity index (χ0v) is 17.6. The molecule has 2 atom stereocenters. The molecule has 30 heavy (non-hydrogen) atoms. The van der Waals surface area contributed by atoms with Crippen LogP contribution in [0, 0.1) is 17.8 Å². The fourth-order valence-corrected chi connectivity index (χ4v) is 6.22. The Morgan fingerprint density at radius 2 is 1.67 bits per heavy atom. The quantitative estimate of drug-likeness (QED) is 0.589. The van der Waals surface area contributed by atoms with Crippen molar-refractivity contribution in [3.8, 4) is 21.5 Å². The molecule has 0 N–H and O–H groups in total. The summed E-state index contributed by atoms with van der Waals surface area (Å²) in [6, 6.07) is 18.3. The minimum absolute atomic E-state index is 0.312. The third-order valence-electron chi connectivity index (χ3n) is 6.70. The molecule has 3 saturated heterocycles. The molecule has 2 aromatic carbocycles. The molecule has 0 radical (unpaired) electrons. The number of nitrogens with zero attached hydrogens (tertiary/aromatic N) is 3. The predicted octanol–water partition coefficient (Wildman–Crippen LogP) is 4.50. The number of hydrogen-bond donors (Lipinski definition) is 0. The summed E-state index contributed by atoms with van der Waals surface area (Å²) in [5, 5.41) is 10.3. The zero-order valence-electron chi connectivity index (χ0n) is 16.8. The Hall–Kier alpha value is -2.44. The fraction of sp³-hybridized carbons (Fsp3) is 0.417. The average Bonchev–Trinajstić information content (AvgIpc) is 3.24. The molecule has 154 valence electrons. The highest BCUT2D eigenvalue weighted by molar-refractivity contribution is 7.16. The SMILES string of the molecule is c1ccc(COc2ccc(-c3nnc(OC4C5CC6CC4CN(C6)C5)s3)cc2)cc1. The summed E-state index contributed by atoms with van der Waals surface area (Å²) in [4.78, 5) is 2.62. The maximum atomic E-state index is 6.40. The minimum atomic E-state index is 0.312. The van der Waals surface area contributed by atoms with E-state index in [1.807, 2.05) is 42.5 Å². The van der Waals surface area contributed by atoms with Gasteiger partial charge in [0.05, 0.1) is 0 Å². The lowest BCUT2D eigenvalue weighted by Gasteiger charge is -2.54. The largest absolute Gasteiger partial charge is 0.489 e. The van der Waals surface area contributed by atoms with Crippen molar-refractivity contribution in [3.05, 3.63) is 60.2 Å². The number of piperidine rings is 3. The summed E-state index contributed by atoms with van der Waals surface area (Å²) >= 11 is 1.55. The third kappa shape index (κ3) is 3.59. The number of aromatic nitrogens is 2. The number of benzene rings is 2. The van der Waals surface area contributed by atoms with E-state index in [1.165, 1.54) is 32.5 Å². The molecule has 4 heterocycles. The van der Waals surface area contributed by atoms with E-state index >= 15 is 0 Å². The van der Waals surface area contributed by atoms with Crippen LogP contribution in [-0.4, -0.2) is 40.8 Å². The zero-order chi connectivity index (χ0) is 19.9. The third-order valence-corrected chi connectivity index (χ3v) is 7.56. The van der Waals surface area contributed by atoms with Gasteiger partial charge in [-0.2, -0.15) is 0 Å². The lowest BCUT2D eigenvalue weighted by molar-refractivity contribution is -0.0986. The Morgan fingerprint density at radius 3 is 2.40 bits per heavy atom. The van der Waals surface area contributed by atoms with Crippen molar-refractivity contribution < 1.29 is 9.47 Å². The van der Waals surface area contributed by atoms with Crippen LogP contribution in [0.15, 0.2) is 54.6 Å². The van der Waals surface area contributed by atoms with E-state index in [4.69, 9.17) is 9.47 Å². The Kier molecular flexibility index (Phi) is 4.69. The lowest BCUT2D eigenvalue weighted by Crippen LogP contribution is -2.61. The molecule has 1 aromatic heterocycles. The topological polar surface area (TPSA) is 47.5 Å². The summed E-state index contributed by atoms with van der Waals surface area (Å²) < 4.78 is 12.3. The standard InChI is InChI=1S/C24H25N3O2S/c1-2-4-16(5-3-1)15-28-21-8-6-18(7-9-21)23-25-26-24(30-23)29-22-19-10-17-11-20(22)14-27(12-17)13-19/h1-9,17,19-20,22H,10-15H2. The second kappa shape index (κ2) is 7.67. The summed E-state index contributed by atoms with van der Waals surface area (Å²) in [6.07, 6.45) is 2.94. The molecule has 1 aliphatic carbocycles. The van der Waals surface area contributed by atoms with Crippen molar-refractivity contribution in [1.29, 1.82) is 0 Å². The van der Waals surface area contributed by atoms with Gasteiger partial charge in [0.15, 0.2) is 5.01 Å². The Labute approximate surface area is 180 Å². The van der Waals surface area contributed by atoms with Gasteiger partial charge in [0.1, 0.15) is 18.5 Å². The molecule has 4 fully saturated rings. The van der Waals surface area contributed by atoms with Crippen LogP contribution in [-0.2, 0) is 6.61 Å². The Balaban J connectivity index is 1.10. The van der Waals surface area contributed by atoms with Crippen molar-refractivity contribution >= 4 is 11.3 Å². The molecule has 2 unspecified atom stereocenters. The second-order valence-electron chi connectivity index (χ2n) is 8.83. The highest BCUT2D eigenvalue weighted by Crippen LogP contribution is 2.45. The van der Waals surface area contributed by atoms with Gasteiger partial charge in [-0.05, 0) is 48.6 Å². The van der Waals surface area contributed by atoms with Crippen LogP contribution < -0.4 is 9.47 Å². The van der Waals surface area contributed by atoms with E-state index in [0.29, 0.717) is 29.7 Å². The van der Waals surface area contributed by atoms with Gasteiger partial charge in [-0.3, -0.25) is 0 Å². The van der Waals surface area contributed by atoms with Crippen molar-refractivity contribution in [3.63, 3.8) is 0 Å². The molecule has 0 amide bonds. The van der Waals surface area contributed by atoms with Gasteiger partial charge in [-0.1, -0.05) is 46.8 Å². The summed E-state index contributed by atoms with van der Waals surface area (Å²) in [5.74, 6) is 3.05. The first kappa shape index (κ1) is 18.3. The van der Waals surface area contributed by atoms with Gasteiger partial charge in [0, 0.05) is 37.0 Å². The Bertz CT molecular complexity index is 977. The maximum Gasteiger partial charge on any atom is 0.294 e. The van der Waals surface area contributed by atoms with Crippen LogP contribution in [0.5, 0.6) is 10.9 Å². The first-order chi connectivity index (χ1) is 14.8. The molecule has 3 aliphatic heterocycles. The first-order valence-electron chi connectivity index (χ1n) is 10.8. The molecule has 4 bridgehead atoms. The molecule has 7 rings (SSSR count). The van der Waals surface area contributed by atoms with Crippen molar-refractivity contribution in [2.75, 3.05) is 19.6 Å². The van der Waals surface area contributed by atoms with Crippen molar-refractivity contribution in [2.45, 2.75) is 25.6 Å². The number of hydrogen-bond acceptors (Lipinski definition) is 6. The summed E-state index contributed by atoms with van der Waals surface area (Å²) in [6.45, 7) is 4.24. The van der Waals surface area contributed by atoms with Gasteiger partial charge in [0.2, 0.25) is 0 Å². The van der Waals surface area contributed by atoms with Crippen LogP contribution in [0.3, 0.4) is 0 Å². The van der Waals surface area contributed by atoms with Gasteiger partial charge in [-0.15, -0.1) is 5.10 Å². The normalized spacial score (nSPS) is 29.1. The second-order valence-corrected chi connectivity index (χ2v) is 9.77. The maximum absolute atomic E-state index is 6.40. The van der Waals surface area contributed by atoms with E-state index in [1.54, 1.807) is 11.3 Å². The molecular formula is C24H25N3O2S. The van der Waals surface area contributed by atoms with E-state index in [-0.39, 0.29) is 0 Å². The molecule has 4 aliphatic rings. The summed E-state index contributed by atoms with van der Waals surface area (Å²) in [5.41, 5.74) is 2.21. The van der Waals surface area contributed by atoms with Crippen LogP contribution >= 0.6 is 11.3 Å². The molecule has 0 spiro atoms. The fourth-order valence-electron chi connectivity index (χ4n) is 5.48.